The first-order valence-corrected chi connectivity index (χ1v) is 5.31. The molecule has 2 aromatic rings. The Morgan fingerprint density at radius 2 is 2.22 bits per heavy atom. The van der Waals surface area contributed by atoms with Gasteiger partial charge in [0.2, 0.25) is 12.2 Å². The van der Waals surface area contributed by atoms with Crippen LogP contribution in [0, 0.1) is 0 Å². The summed E-state index contributed by atoms with van der Waals surface area (Å²) in [5.41, 5.74) is 0.258. The van der Waals surface area contributed by atoms with Crippen molar-refractivity contribution in [1.29, 1.82) is 0 Å². The maximum Gasteiger partial charge on any atom is 0.323 e. The molecule has 7 heteroatoms. The molecule has 0 saturated heterocycles. The molecule has 0 aliphatic heterocycles. The summed E-state index contributed by atoms with van der Waals surface area (Å²) in [5.74, 6) is -0.224. The van der Waals surface area contributed by atoms with Crippen LogP contribution < -0.4 is 11.0 Å². The van der Waals surface area contributed by atoms with E-state index in [4.69, 9.17) is 4.42 Å². The van der Waals surface area contributed by atoms with Crippen molar-refractivity contribution in [3.8, 4) is 0 Å². The number of aryl methyl sites for hydroxylation is 1. The van der Waals surface area contributed by atoms with Crippen LogP contribution in [-0.2, 0) is 11.2 Å². The number of rotatable bonds is 5. The summed E-state index contributed by atoms with van der Waals surface area (Å²) >= 11 is 0. The molecule has 0 bridgehead atoms. The highest BCUT2D eigenvalue weighted by Gasteiger charge is 2.19. The van der Waals surface area contributed by atoms with Gasteiger partial charge in [-0.2, -0.15) is 0 Å². The molecular weight excluding hydrogens is 238 g/mol. The number of furan rings is 1. The lowest BCUT2D eigenvalue weighted by Crippen LogP contribution is -2.06. The smallest absolute Gasteiger partial charge is 0.323 e. The number of hydrogen-bond donors (Lipinski definition) is 3. The Morgan fingerprint density at radius 1 is 1.44 bits per heavy atom. The average molecular weight is 249 g/mol. The number of amides is 1. The van der Waals surface area contributed by atoms with Gasteiger partial charge in [0, 0.05) is 11.8 Å². The summed E-state index contributed by atoms with van der Waals surface area (Å²) in [4.78, 5) is 38.4. The highest BCUT2D eigenvalue weighted by atomic mass is 16.4. The fraction of sp³-hybridized carbons (Fsp3) is 0.182. The van der Waals surface area contributed by atoms with Gasteiger partial charge in [0.15, 0.2) is 11.6 Å². The summed E-state index contributed by atoms with van der Waals surface area (Å²) < 4.78 is 5.12. The van der Waals surface area contributed by atoms with Crippen molar-refractivity contribution in [2.45, 2.75) is 13.3 Å². The zero-order valence-corrected chi connectivity index (χ0v) is 9.57. The molecule has 0 saturated carbocycles. The molecule has 2 heterocycles. The Morgan fingerprint density at radius 3 is 2.89 bits per heavy atom. The molecular formula is C11H11N3O4. The van der Waals surface area contributed by atoms with Crippen LogP contribution in [-0.4, -0.2) is 22.2 Å². The number of carbonyl (C=O) groups is 2. The Hall–Kier alpha value is -2.57. The standard InChI is InChI=1S/C11H11N3O4/c1-2-6-9(14-11(17)13-6)10(16)7-3-4-8(18-7)12-5-15/h3-5H,2H2,1H3,(H,12,15)(H2,13,14,17). The molecule has 0 spiro atoms. The van der Waals surface area contributed by atoms with Crippen molar-refractivity contribution in [3.05, 3.63) is 39.8 Å². The SMILES string of the molecule is CCc1[nH]c(=O)[nH]c1C(=O)c1ccc(NC=O)o1. The molecule has 18 heavy (non-hydrogen) atoms. The minimum atomic E-state index is -0.441. The quantitative estimate of drug-likeness (QED) is 0.534. The van der Waals surface area contributed by atoms with E-state index in [1.807, 2.05) is 6.92 Å². The number of anilines is 1. The highest BCUT2D eigenvalue weighted by molar-refractivity contribution is 6.06. The first kappa shape index (κ1) is 11.9. The van der Waals surface area contributed by atoms with Gasteiger partial charge in [0.25, 0.3) is 0 Å². The van der Waals surface area contributed by atoms with E-state index in [1.54, 1.807) is 0 Å². The van der Waals surface area contributed by atoms with Crippen LogP contribution in [0.4, 0.5) is 5.88 Å². The molecule has 0 atom stereocenters. The summed E-state index contributed by atoms with van der Waals surface area (Å²) in [7, 11) is 0. The normalized spacial score (nSPS) is 10.3. The van der Waals surface area contributed by atoms with E-state index in [2.05, 4.69) is 15.3 Å². The van der Waals surface area contributed by atoms with Crippen LogP contribution in [0.3, 0.4) is 0 Å². The van der Waals surface area contributed by atoms with Gasteiger partial charge < -0.3 is 14.4 Å². The molecule has 0 aliphatic carbocycles. The first-order valence-electron chi connectivity index (χ1n) is 5.31. The lowest BCUT2D eigenvalue weighted by Gasteiger charge is -1.97. The van der Waals surface area contributed by atoms with E-state index in [0.717, 1.165) is 0 Å². The monoisotopic (exact) mass is 249 g/mol. The largest absolute Gasteiger partial charge is 0.437 e. The first-order chi connectivity index (χ1) is 8.65. The Bertz CT molecular complexity index is 635. The number of carbonyl (C=O) groups excluding carboxylic acids is 2. The van der Waals surface area contributed by atoms with Gasteiger partial charge in [0.1, 0.15) is 5.69 Å². The second-order valence-electron chi connectivity index (χ2n) is 3.54. The van der Waals surface area contributed by atoms with Crippen LogP contribution in [0.5, 0.6) is 0 Å². The number of H-pyrrole nitrogens is 2. The molecule has 1 amide bonds. The lowest BCUT2D eigenvalue weighted by molar-refractivity contribution is -0.105. The molecule has 0 fully saturated rings. The number of imidazole rings is 1. The van der Waals surface area contributed by atoms with Crippen LogP contribution in [0.15, 0.2) is 21.3 Å². The van der Waals surface area contributed by atoms with Crippen molar-refractivity contribution in [3.63, 3.8) is 0 Å². The van der Waals surface area contributed by atoms with Gasteiger partial charge in [-0.1, -0.05) is 6.92 Å². The molecule has 7 nitrogen and oxygen atoms in total. The summed E-state index contributed by atoms with van der Waals surface area (Å²) in [6.07, 6.45) is 0.961. The second-order valence-corrected chi connectivity index (χ2v) is 3.54. The number of aromatic amines is 2. The summed E-state index contributed by atoms with van der Waals surface area (Å²) in [5, 5.41) is 2.29. The third-order valence-electron chi connectivity index (χ3n) is 2.42. The van der Waals surface area contributed by atoms with Gasteiger partial charge in [-0.3, -0.25) is 14.9 Å². The van der Waals surface area contributed by atoms with Gasteiger partial charge in [-0.25, -0.2) is 4.79 Å². The number of hydrogen-bond acceptors (Lipinski definition) is 4. The van der Waals surface area contributed by atoms with Gasteiger partial charge >= 0.3 is 5.69 Å². The zero-order valence-electron chi connectivity index (χ0n) is 9.57. The fourth-order valence-electron chi connectivity index (χ4n) is 1.60. The maximum atomic E-state index is 12.1. The lowest BCUT2D eigenvalue weighted by atomic mass is 10.1. The molecule has 0 aromatic carbocycles. The zero-order chi connectivity index (χ0) is 13.1. The molecule has 0 unspecified atom stereocenters. The topological polar surface area (TPSA) is 108 Å². The van der Waals surface area contributed by atoms with Crippen molar-refractivity contribution in [1.82, 2.24) is 9.97 Å². The van der Waals surface area contributed by atoms with Crippen LogP contribution in [0.2, 0.25) is 0 Å². The molecule has 2 rings (SSSR count). The van der Waals surface area contributed by atoms with Gasteiger partial charge in [-0.15, -0.1) is 0 Å². The third kappa shape index (κ3) is 2.10. The Kier molecular flexibility index (Phi) is 3.13. The molecule has 0 radical (unpaired) electrons. The third-order valence-corrected chi connectivity index (χ3v) is 2.42. The van der Waals surface area contributed by atoms with E-state index in [0.29, 0.717) is 18.5 Å². The predicted molar refractivity (Wildman–Crippen MR) is 62.6 cm³/mol. The highest BCUT2D eigenvalue weighted by Crippen LogP contribution is 2.16. The molecule has 94 valence electrons. The number of aromatic nitrogens is 2. The average Bonchev–Trinajstić information content (AvgIpc) is 2.95. The van der Waals surface area contributed by atoms with E-state index in [1.165, 1.54) is 12.1 Å². The molecule has 2 aromatic heterocycles. The maximum absolute atomic E-state index is 12.1. The van der Waals surface area contributed by atoms with E-state index < -0.39 is 11.5 Å². The van der Waals surface area contributed by atoms with Gasteiger partial charge in [0.05, 0.1) is 0 Å². The van der Waals surface area contributed by atoms with E-state index in [9.17, 15) is 14.4 Å². The summed E-state index contributed by atoms with van der Waals surface area (Å²) in [6.45, 7) is 1.82. The van der Waals surface area contributed by atoms with Crippen molar-refractivity contribution in [2.24, 2.45) is 0 Å². The molecule has 3 N–H and O–H groups in total. The van der Waals surface area contributed by atoms with Crippen LogP contribution >= 0.6 is 0 Å². The van der Waals surface area contributed by atoms with Gasteiger partial charge in [-0.05, 0) is 12.5 Å². The fourth-order valence-corrected chi connectivity index (χ4v) is 1.60. The molecule has 0 aliphatic rings. The number of nitrogens with one attached hydrogen (secondary N) is 3. The minimum absolute atomic E-state index is 0.0456. The van der Waals surface area contributed by atoms with Crippen molar-refractivity contribution >= 4 is 18.1 Å². The predicted octanol–water partition coefficient (Wildman–Crippen LogP) is 0.658. The Balaban J connectivity index is 2.34. The van der Waals surface area contributed by atoms with Crippen molar-refractivity contribution in [2.75, 3.05) is 5.32 Å². The minimum Gasteiger partial charge on any atom is -0.437 e. The van der Waals surface area contributed by atoms with Crippen LogP contribution in [0.25, 0.3) is 0 Å². The second kappa shape index (κ2) is 4.74. The van der Waals surface area contributed by atoms with E-state index in [-0.39, 0.29) is 17.3 Å². The van der Waals surface area contributed by atoms with Crippen molar-refractivity contribution < 1.29 is 14.0 Å². The number of ketones is 1. The van der Waals surface area contributed by atoms with Crippen LogP contribution in [0.1, 0.15) is 28.9 Å². The summed E-state index contributed by atoms with van der Waals surface area (Å²) in [6, 6.07) is 2.89. The Labute approximate surface area is 101 Å². The van der Waals surface area contributed by atoms with E-state index >= 15 is 0 Å².